The highest BCUT2D eigenvalue weighted by atomic mass is 19.3. The highest BCUT2D eigenvalue weighted by molar-refractivity contribution is 4.87. The molecular weight excluding hydrogens is 274 g/mol. The van der Waals surface area contributed by atoms with Crippen molar-refractivity contribution < 1.29 is 13.9 Å². The van der Waals surface area contributed by atoms with Gasteiger partial charge in [0.15, 0.2) is 0 Å². The van der Waals surface area contributed by atoms with Crippen LogP contribution in [0.4, 0.5) is 8.78 Å². The van der Waals surface area contributed by atoms with Gasteiger partial charge in [0, 0.05) is 25.7 Å². The van der Waals surface area contributed by atoms with E-state index in [0.29, 0.717) is 19.1 Å². The first-order valence-corrected chi connectivity index (χ1v) is 8.32. The van der Waals surface area contributed by atoms with Crippen LogP contribution in [-0.2, 0) is 0 Å². The molecule has 0 bridgehead atoms. The first-order chi connectivity index (χ1) is 9.97. The fourth-order valence-electron chi connectivity index (χ4n) is 3.34. The number of rotatable bonds is 9. The zero-order chi connectivity index (χ0) is 15.7. The van der Waals surface area contributed by atoms with Crippen LogP contribution < -0.4 is 5.32 Å². The van der Waals surface area contributed by atoms with Gasteiger partial charge in [-0.2, -0.15) is 0 Å². The lowest BCUT2D eigenvalue weighted by molar-refractivity contribution is 0.0445. The van der Waals surface area contributed by atoms with E-state index in [-0.39, 0.29) is 18.6 Å². The normalized spacial score (nSPS) is 19.4. The van der Waals surface area contributed by atoms with Crippen molar-refractivity contribution in [1.82, 2.24) is 10.2 Å². The molecule has 0 saturated heterocycles. The molecule has 0 aromatic rings. The zero-order valence-electron chi connectivity index (χ0n) is 13.6. The Labute approximate surface area is 128 Å². The third-order valence-electron chi connectivity index (χ3n) is 4.42. The van der Waals surface area contributed by atoms with Crippen molar-refractivity contribution in [3.63, 3.8) is 0 Å². The molecule has 2 N–H and O–H groups in total. The third kappa shape index (κ3) is 7.52. The number of aliphatic hydroxyl groups excluding tert-OH is 1. The molecule has 0 spiro atoms. The van der Waals surface area contributed by atoms with Crippen LogP contribution in [0.3, 0.4) is 0 Å². The van der Waals surface area contributed by atoms with E-state index in [2.05, 4.69) is 19.2 Å². The molecule has 21 heavy (non-hydrogen) atoms. The second-order valence-corrected chi connectivity index (χ2v) is 6.80. The molecule has 0 unspecified atom stereocenters. The minimum Gasteiger partial charge on any atom is -0.395 e. The van der Waals surface area contributed by atoms with Gasteiger partial charge in [0.2, 0.25) is 0 Å². The van der Waals surface area contributed by atoms with E-state index in [4.69, 9.17) is 5.11 Å². The molecule has 0 amide bonds. The van der Waals surface area contributed by atoms with Gasteiger partial charge in [0.1, 0.15) is 0 Å². The lowest BCUT2D eigenvalue weighted by Crippen LogP contribution is -2.47. The summed E-state index contributed by atoms with van der Waals surface area (Å²) in [5.41, 5.74) is 0.0742. The first-order valence-electron chi connectivity index (χ1n) is 8.32. The van der Waals surface area contributed by atoms with Gasteiger partial charge >= 0.3 is 0 Å². The number of hydrogen-bond donors (Lipinski definition) is 2. The molecule has 0 aliphatic heterocycles. The van der Waals surface area contributed by atoms with E-state index in [9.17, 15) is 8.78 Å². The Hall–Kier alpha value is -0.260. The summed E-state index contributed by atoms with van der Waals surface area (Å²) in [6, 6.07) is 0.409. The van der Waals surface area contributed by atoms with Gasteiger partial charge in [0.25, 0.3) is 6.43 Å². The maximum Gasteiger partial charge on any atom is 0.251 e. The maximum atomic E-state index is 12.7. The third-order valence-corrected chi connectivity index (χ3v) is 4.42. The van der Waals surface area contributed by atoms with Gasteiger partial charge in [-0.25, -0.2) is 8.78 Å². The minimum atomic E-state index is -2.34. The van der Waals surface area contributed by atoms with Gasteiger partial charge in [-0.3, -0.25) is 4.90 Å². The quantitative estimate of drug-likeness (QED) is 0.643. The predicted octanol–water partition coefficient (Wildman–Crippen LogP) is 2.88. The summed E-state index contributed by atoms with van der Waals surface area (Å²) >= 11 is 0. The molecule has 0 atom stereocenters. The van der Waals surface area contributed by atoms with Gasteiger partial charge in [0.05, 0.1) is 13.2 Å². The fraction of sp³-hybridized carbons (Fsp3) is 1.00. The van der Waals surface area contributed by atoms with Crippen LogP contribution in [0.1, 0.15) is 52.4 Å². The average molecular weight is 306 g/mol. The summed E-state index contributed by atoms with van der Waals surface area (Å²) in [4.78, 5) is 1.75. The molecule has 126 valence electrons. The Kier molecular flexibility index (Phi) is 8.67. The number of hydrogen-bond acceptors (Lipinski definition) is 3. The van der Waals surface area contributed by atoms with Crippen LogP contribution in [0.25, 0.3) is 0 Å². The molecule has 5 heteroatoms. The smallest absolute Gasteiger partial charge is 0.251 e. The number of nitrogens with one attached hydrogen (secondary N) is 1. The summed E-state index contributed by atoms with van der Waals surface area (Å²) in [6.45, 7) is 5.84. The van der Waals surface area contributed by atoms with Crippen molar-refractivity contribution in [2.24, 2.45) is 5.41 Å². The molecule has 0 aromatic carbocycles. The number of alkyl halides is 2. The molecule has 1 aliphatic carbocycles. The largest absolute Gasteiger partial charge is 0.395 e. The minimum absolute atomic E-state index is 0.0551. The predicted molar refractivity (Wildman–Crippen MR) is 82.8 cm³/mol. The summed E-state index contributed by atoms with van der Waals surface area (Å²) < 4.78 is 25.5. The van der Waals surface area contributed by atoms with Crippen LogP contribution in [0, 0.1) is 5.41 Å². The standard InChI is InChI=1S/C16H32F2N2O/c1-14(2)19-12-16(7-5-3-4-6-8-16)13-20(9-10-21)11-15(17)18/h14-15,19,21H,3-13H2,1-2H3. The first kappa shape index (κ1) is 18.8. The molecule has 3 nitrogen and oxygen atoms in total. The van der Waals surface area contributed by atoms with Crippen LogP contribution in [0.2, 0.25) is 0 Å². The summed E-state index contributed by atoms with van der Waals surface area (Å²) in [5.74, 6) is 0. The van der Waals surface area contributed by atoms with E-state index < -0.39 is 6.43 Å². The number of aliphatic hydroxyl groups is 1. The van der Waals surface area contributed by atoms with E-state index >= 15 is 0 Å². The second kappa shape index (κ2) is 9.70. The van der Waals surface area contributed by atoms with Crippen molar-refractivity contribution >= 4 is 0 Å². The van der Waals surface area contributed by atoms with E-state index in [1.165, 1.54) is 25.7 Å². The van der Waals surface area contributed by atoms with E-state index in [1.54, 1.807) is 4.90 Å². The lowest BCUT2D eigenvalue weighted by atomic mass is 9.79. The Morgan fingerprint density at radius 1 is 1.14 bits per heavy atom. The Morgan fingerprint density at radius 3 is 2.24 bits per heavy atom. The van der Waals surface area contributed by atoms with Gasteiger partial charge in [-0.1, -0.05) is 39.5 Å². The molecule has 1 aliphatic rings. The zero-order valence-corrected chi connectivity index (χ0v) is 13.6. The van der Waals surface area contributed by atoms with Gasteiger partial charge < -0.3 is 10.4 Å². The highest BCUT2D eigenvalue weighted by Crippen LogP contribution is 2.35. The van der Waals surface area contributed by atoms with Crippen molar-refractivity contribution in [3.05, 3.63) is 0 Å². The van der Waals surface area contributed by atoms with Crippen LogP contribution in [0.5, 0.6) is 0 Å². The number of halogens is 2. The molecule has 1 saturated carbocycles. The maximum absolute atomic E-state index is 12.7. The average Bonchev–Trinajstić information content (AvgIpc) is 2.62. The molecular formula is C16H32F2N2O. The molecule has 0 aromatic heterocycles. The SMILES string of the molecule is CC(C)NCC1(CN(CCO)CC(F)F)CCCCCC1. The highest BCUT2D eigenvalue weighted by Gasteiger charge is 2.33. The topological polar surface area (TPSA) is 35.5 Å². The van der Waals surface area contributed by atoms with Crippen molar-refractivity contribution in [3.8, 4) is 0 Å². The summed E-state index contributed by atoms with van der Waals surface area (Å²) in [5, 5.41) is 12.6. The molecule has 0 heterocycles. The van der Waals surface area contributed by atoms with E-state index in [1.807, 2.05) is 0 Å². The molecule has 1 fully saturated rings. The molecule has 0 radical (unpaired) electrons. The monoisotopic (exact) mass is 306 g/mol. The Morgan fingerprint density at radius 2 is 1.76 bits per heavy atom. The van der Waals surface area contributed by atoms with Gasteiger partial charge in [-0.15, -0.1) is 0 Å². The van der Waals surface area contributed by atoms with Crippen molar-refractivity contribution in [1.29, 1.82) is 0 Å². The summed E-state index contributed by atoms with van der Waals surface area (Å²) in [6.07, 6.45) is 4.72. The van der Waals surface area contributed by atoms with Crippen LogP contribution in [0.15, 0.2) is 0 Å². The Bertz CT molecular complexity index is 267. The Balaban J connectivity index is 2.72. The van der Waals surface area contributed by atoms with Gasteiger partial charge in [-0.05, 0) is 18.3 Å². The van der Waals surface area contributed by atoms with Crippen molar-refractivity contribution in [2.45, 2.75) is 64.8 Å². The summed E-state index contributed by atoms with van der Waals surface area (Å²) in [7, 11) is 0. The fourth-order valence-corrected chi connectivity index (χ4v) is 3.34. The van der Waals surface area contributed by atoms with Crippen molar-refractivity contribution in [2.75, 3.05) is 32.8 Å². The van der Waals surface area contributed by atoms with Crippen LogP contribution >= 0.6 is 0 Å². The van der Waals surface area contributed by atoms with Crippen LogP contribution in [-0.4, -0.2) is 55.3 Å². The molecule has 1 rings (SSSR count). The second-order valence-electron chi connectivity index (χ2n) is 6.80. The number of nitrogens with zero attached hydrogens (tertiary/aromatic N) is 1. The lowest BCUT2D eigenvalue weighted by Gasteiger charge is -2.38. The van der Waals surface area contributed by atoms with E-state index in [0.717, 1.165) is 19.4 Å².